The third kappa shape index (κ3) is 3.59. The highest BCUT2D eigenvalue weighted by atomic mass is 19.4. The molecular weight excluding hydrogens is 341 g/mol. The third-order valence-electron chi connectivity index (χ3n) is 4.17. The number of halogens is 3. The molecule has 3 aromatic rings. The second kappa shape index (κ2) is 6.86. The molecule has 0 saturated carbocycles. The number of alkyl halides is 3. The highest BCUT2D eigenvalue weighted by Crippen LogP contribution is 2.39. The van der Waals surface area contributed by atoms with Gasteiger partial charge in [0.1, 0.15) is 11.7 Å². The normalized spacial score (nSPS) is 12.8. The Hall–Kier alpha value is -2.76. The molecule has 26 heavy (non-hydrogen) atoms. The van der Waals surface area contributed by atoms with E-state index in [1.807, 2.05) is 56.3 Å². The van der Waals surface area contributed by atoms with Crippen LogP contribution in [-0.2, 0) is 6.18 Å². The summed E-state index contributed by atoms with van der Waals surface area (Å²) in [7, 11) is 0. The monoisotopic (exact) mass is 360 g/mol. The summed E-state index contributed by atoms with van der Waals surface area (Å²) >= 11 is 0. The van der Waals surface area contributed by atoms with E-state index >= 15 is 0 Å². The highest BCUT2D eigenvalue weighted by Gasteiger charge is 2.38. The number of hydrogen-bond donors (Lipinski definition) is 0. The molecule has 0 bridgehead atoms. The molecule has 1 aromatic heterocycles. The summed E-state index contributed by atoms with van der Waals surface area (Å²) in [5.41, 5.74) is 2.30. The van der Waals surface area contributed by atoms with E-state index in [9.17, 15) is 13.2 Å². The van der Waals surface area contributed by atoms with Crippen LogP contribution in [0.25, 0.3) is 5.69 Å². The first-order chi connectivity index (χ1) is 12.3. The standard InChI is InChI=1S/C20H19F3N2O/c1-13-9-10-18(14(2)11-13)25-19(17(12-24-25)20(21,22)23)26-15(3)16-7-5-4-6-8-16/h4-12,15H,1-3H3. The van der Waals surface area contributed by atoms with Crippen molar-refractivity contribution in [2.75, 3.05) is 0 Å². The lowest BCUT2D eigenvalue weighted by Gasteiger charge is -2.19. The minimum absolute atomic E-state index is 0.305. The zero-order chi connectivity index (χ0) is 18.9. The second-order valence-electron chi connectivity index (χ2n) is 6.23. The average Bonchev–Trinajstić information content (AvgIpc) is 2.99. The van der Waals surface area contributed by atoms with Gasteiger partial charge in [0, 0.05) is 0 Å². The van der Waals surface area contributed by atoms with Crippen molar-refractivity contribution < 1.29 is 17.9 Å². The minimum atomic E-state index is -4.55. The number of nitrogens with zero attached hydrogens (tertiary/aromatic N) is 2. The molecule has 0 spiro atoms. The van der Waals surface area contributed by atoms with Crippen LogP contribution in [0.1, 0.15) is 35.3 Å². The van der Waals surface area contributed by atoms with E-state index < -0.39 is 17.8 Å². The molecule has 6 heteroatoms. The molecule has 0 N–H and O–H groups in total. The molecule has 2 aromatic carbocycles. The number of rotatable bonds is 4. The van der Waals surface area contributed by atoms with Gasteiger partial charge in [-0.15, -0.1) is 0 Å². The highest BCUT2D eigenvalue weighted by molar-refractivity contribution is 5.46. The number of hydrogen-bond acceptors (Lipinski definition) is 2. The van der Waals surface area contributed by atoms with Crippen LogP contribution in [0.3, 0.4) is 0 Å². The smallest absolute Gasteiger partial charge is 0.423 e. The zero-order valence-electron chi connectivity index (χ0n) is 14.7. The predicted molar refractivity (Wildman–Crippen MR) is 93.5 cm³/mol. The quantitative estimate of drug-likeness (QED) is 0.601. The van der Waals surface area contributed by atoms with Gasteiger partial charge in [0.15, 0.2) is 0 Å². The topological polar surface area (TPSA) is 27.1 Å². The summed E-state index contributed by atoms with van der Waals surface area (Å²) in [5.74, 6) is -0.305. The maximum Gasteiger partial charge on any atom is 0.423 e. The predicted octanol–water partition coefficient (Wildman–Crippen LogP) is 5.65. The van der Waals surface area contributed by atoms with Crippen molar-refractivity contribution in [3.8, 4) is 11.6 Å². The zero-order valence-corrected chi connectivity index (χ0v) is 14.7. The van der Waals surface area contributed by atoms with E-state index in [0.29, 0.717) is 5.69 Å². The van der Waals surface area contributed by atoms with E-state index in [1.54, 1.807) is 13.0 Å². The van der Waals surface area contributed by atoms with Gasteiger partial charge in [0.25, 0.3) is 0 Å². The van der Waals surface area contributed by atoms with Crippen LogP contribution < -0.4 is 4.74 Å². The molecule has 0 aliphatic carbocycles. The molecule has 1 heterocycles. The fraction of sp³-hybridized carbons (Fsp3) is 0.250. The molecule has 1 unspecified atom stereocenters. The van der Waals surface area contributed by atoms with Crippen LogP contribution >= 0.6 is 0 Å². The second-order valence-corrected chi connectivity index (χ2v) is 6.23. The lowest BCUT2D eigenvalue weighted by Crippen LogP contribution is -2.13. The Balaban J connectivity index is 2.08. The van der Waals surface area contributed by atoms with Gasteiger partial charge in [-0.25, -0.2) is 4.68 Å². The van der Waals surface area contributed by atoms with Gasteiger partial charge in [-0.1, -0.05) is 48.0 Å². The van der Waals surface area contributed by atoms with Gasteiger partial charge in [-0.05, 0) is 38.0 Å². The van der Waals surface area contributed by atoms with E-state index in [1.165, 1.54) is 4.68 Å². The molecule has 1 atom stereocenters. The van der Waals surface area contributed by atoms with E-state index in [-0.39, 0.29) is 5.88 Å². The molecular formula is C20H19F3N2O. The summed E-state index contributed by atoms with van der Waals surface area (Å²) in [6.45, 7) is 5.48. The van der Waals surface area contributed by atoms with Gasteiger partial charge in [-0.2, -0.15) is 18.3 Å². The summed E-state index contributed by atoms with van der Waals surface area (Å²) < 4.78 is 47.4. The SMILES string of the molecule is Cc1ccc(-n2ncc(C(F)(F)F)c2OC(C)c2ccccc2)c(C)c1. The van der Waals surface area contributed by atoms with Crippen molar-refractivity contribution in [3.05, 3.63) is 77.0 Å². The van der Waals surface area contributed by atoms with Crippen molar-refractivity contribution in [2.24, 2.45) is 0 Å². The van der Waals surface area contributed by atoms with Gasteiger partial charge in [-0.3, -0.25) is 0 Å². The van der Waals surface area contributed by atoms with Crippen molar-refractivity contribution in [1.29, 1.82) is 0 Å². The number of aromatic nitrogens is 2. The largest absolute Gasteiger partial charge is 0.469 e. The molecule has 3 rings (SSSR count). The van der Waals surface area contributed by atoms with Gasteiger partial charge < -0.3 is 4.74 Å². The van der Waals surface area contributed by atoms with Crippen molar-refractivity contribution in [2.45, 2.75) is 33.1 Å². The Kier molecular flexibility index (Phi) is 4.76. The van der Waals surface area contributed by atoms with Crippen LogP contribution in [-0.4, -0.2) is 9.78 Å². The van der Waals surface area contributed by atoms with Crippen molar-refractivity contribution in [3.63, 3.8) is 0 Å². The third-order valence-corrected chi connectivity index (χ3v) is 4.17. The number of benzene rings is 2. The summed E-state index contributed by atoms with van der Waals surface area (Å²) in [5, 5.41) is 3.96. The van der Waals surface area contributed by atoms with Crippen molar-refractivity contribution in [1.82, 2.24) is 9.78 Å². The van der Waals surface area contributed by atoms with Crippen LogP contribution in [0.2, 0.25) is 0 Å². The number of ether oxygens (including phenoxy) is 1. The fourth-order valence-corrected chi connectivity index (χ4v) is 2.82. The minimum Gasteiger partial charge on any atom is -0.469 e. The Labute approximate surface area is 150 Å². The number of aryl methyl sites for hydroxylation is 2. The molecule has 0 fully saturated rings. The van der Waals surface area contributed by atoms with Crippen LogP contribution in [0.5, 0.6) is 5.88 Å². The lowest BCUT2D eigenvalue weighted by atomic mass is 10.1. The molecule has 0 saturated heterocycles. The first kappa shape index (κ1) is 18.0. The summed E-state index contributed by atoms with van der Waals surface area (Å²) in [4.78, 5) is 0. The molecule has 0 amide bonds. The molecule has 0 aliphatic heterocycles. The van der Waals surface area contributed by atoms with Gasteiger partial charge >= 0.3 is 6.18 Å². The molecule has 3 nitrogen and oxygen atoms in total. The Morgan fingerprint density at radius 3 is 2.35 bits per heavy atom. The first-order valence-electron chi connectivity index (χ1n) is 8.22. The van der Waals surface area contributed by atoms with Crippen LogP contribution in [0.15, 0.2) is 54.7 Å². The Bertz CT molecular complexity index is 901. The maximum atomic E-state index is 13.5. The van der Waals surface area contributed by atoms with Crippen LogP contribution in [0, 0.1) is 13.8 Å². The lowest BCUT2D eigenvalue weighted by molar-refractivity contribution is -0.139. The summed E-state index contributed by atoms with van der Waals surface area (Å²) in [6.07, 6.45) is -4.30. The Morgan fingerprint density at radius 1 is 1.04 bits per heavy atom. The molecule has 136 valence electrons. The molecule has 0 radical (unpaired) electrons. The fourth-order valence-electron chi connectivity index (χ4n) is 2.82. The molecule has 0 aliphatic rings. The van der Waals surface area contributed by atoms with Gasteiger partial charge in [0.2, 0.25) is 5.88 Å². The Morgan fingerprint density at radius 2 is 1.73 bits per heavy atom. The van der Waals surface area contributed by atoms with Gasteiger partial charge in [0.05, 0.1) is 11.9 Å². The first-order valence-corrected chi connectivity index (χ1v) is 8.22. The van der Waals surface area contributed by atoms with E-state index in [2.05, 4.69) is 5.10 Å². The average molecular weight is 360 g/mol. The maximum absolute atomic E-state index is 13.5. The van der Waals surface area contributed by atoms with E-state index in [0.717, 1.165) is 22.9 Å². The summed E-state index contributed by atoms with van der Waals surface area (Å²) in [6, 6.07) is 14.6. The van der Waals surface area contributed by atoms with E-state index in [4.69, 9.17) is 4.74 Å². The van der Waals surface area contributed by atoms with Crippen LogP contribution in [0.4, 0.5) is 13.2 Å². The van der Waals surface area contributed by atoms with Crippen molar-refractivity contribution >= 4 is 0 Å².